The number of carbonyl (C=O) groups is 2. The molecule has 1 aliphatic carbocycles. The second kappa shape index (κ2) is 18.1. The molecule has 32 heavy (non-hydrogen) atoms. The quantitative estimate of drug-likeness (QED) is 0.121. The fourth-order valence-electron chi connectivity index (χ4n) is 4.60. The highest BCUT2D eigenvalue weighted by atomic mass is 16.5. The number of allylic oxidation sites excluding steroid dienone is 2. The minimum atomic E-state index is -0.387. The van der Waals surface area contributed by atoms with Crippen molar-refractivity contribution in [3.05, 3.63) is 11.1 Å². The number of rotatable bonds is 18. The maximum absolute atomic E-state index is 13.0. The van der Waals surface area contributed by atoms with Crippen molar-refractivity contribution in [1.29, 1.82) is 0 Å². The van der Waals surface area contributed by atoms with E-state index in [9.17, 15) is 9.59 Å². The van der Waals surface area contributed by atoms with E-state index in [0.717, 1.165) is 64.2 Å². The highest BCUT2D eigenvalue weighted by molar-refractivity contribution is 5.83. The van der Waals surface area contributed by atoms with E-state index in [2.05, 4.69) is 27.7 Å². The Balaban J connectivity index is 2.96. The first-order chi connectivity index (χ1) is 15.6. The van der Waals surface area contributed by atoms with E-state index in [0.29, 0.717) is 26.1 Å². The van der Waals surface area contributed by atoms with Gasteiger partial charge in [-0.1, -0.05) is 90.2 Å². The van der Waals surface area contributed by atoms with Crippen LogP contribution in [0.1, 0.15) is 130 Å². The lowest BCUT2D eigenvalue weighted by atomic mass is 9.73. The monoisotopic (exact) mass is 450 g/mol. The summed E-state index contributed by atoms with van der Waals surface area (Å²) in [5.41, 5.74) is 2.83. The molecule has 1 rings (SSSR count). The van der Waals surface area contributed by atoms with Crippen molar-refractivity contribution in [2.45, 2.75) is 130 Å². The van der Waals surface area contributed by atoms with Gasteiger partial charge in [0.25, 0.3) is 0 Å². The second-order valence-corrected chi connectivity index (χ2v) is 9.49. The molecule has 0 N–H and O–H groups in total. The molecule has 0 fully saturated rings. The van der Waals surface area contributed by atoms with Gasteiger partial charge in [-0.2, -0.15) is 0 Å². The molecular weight excluding hydrogens is 400 g/mol. The van der Waals surface area contributed by atoms with Gasteiger partial charge < -0.3 is 9.47 Å². The molecule has 0 heterocycles. The van der Waals surface area contributed by atoms with Crippen LogP contribution >= 0.6 is 0 Å². The van der Waals surface area contributed by atoms with Crippen LogP contribution in [0.4, 0.5) is 0 Å². The van der Waals surface area contributed by atoms with Crippen molar-refractivity contribution < 1.29 is 19.1 Å². The zero-order valence-electron chi connectivity index (χ0n) is 21.5. The summed E-state index contributed by atoms with van der Waals surface area (Å²) in [4.78, 5) is 26.1. The fourth-order valence-corrected chi connectivity index (χ4v) is 4.60. The lowest BCUT2D eigenvalue weighted by molar-refractivity contribution is -0.161. The van der Waals surface area contributed by atoms with Crippen molar-refractivity contribution in [3.8, 4) is 0 Å². The van der Waals surface area contributed by atoms with Crippen LogP contribution in [0.3, 0.4) is 0 Å². The second-order valence-electron chi connectivity index (χ2n) is 9.49. The van der Waals surface area contributed by atoms with Crippen molar-refractivity contribution in [2.24, 2.45) is 11.8 Å². The minimum absolute atomic E-state index is 0.197. The van der Waals surface area contributed by atoms with Crippen molar-refractivity contribution >= 4 is 11.9 Å². The van der Waals surface area contributed by atoms with Gasteiger partial charge in [0, 0.05) is 0 Å². The Morgan fingerprint density at radius 1 is 0.594 bits per heavy atom. The van der Waals surface area contributed by atoms with Crippen LogP contribution in [0.5, 0.6) is 0 Å². The SMILES string of the molecule is CCCCCOC(=O)C1CC(CCCCC)=C(CCCCC)CC1C(=O)OCCCCC. The molecule has 186 valence electrons. The first-order valence-electron chi connectivity index (χ1n) is 13.6. The third-order valence-electron chi connectivity index (χ3n) is 6.67. The van der Waals surface area contributed by atoms with Crippen molar-refractivity contribution in [2.75, 3.05) is 13.2 Å². The van der Waals surface area contributed by atoms with Crippen LogP contribution in [0, 0.1) is 11.8 Å². The molecule has 0 bridgehead atoms. The van der Waals surface area contributed by atoms with Gasteiger partial charge in [0.1, 0.15) is 0 Å². The number of ether oxygens (including phenoxy) is 2. The van der Waals surface area contributed by atoms with Gasteiger partial charge in [0.15, 0.2) is 0 Å². The summed E-state index contributed by atoms with van der Waals surface area (Å²) in [6.45, 7) is 9.64. The van der Waals surface area contributed by atoms with E-state index in [-0.39, 0.29) is 23.8 Å². The van der Waals surface area contributed by atoms with Crippen molar-refractivity contribution in [1.82, 2.24) is 0 Å². The molecule has 0 amide bonds. The third kappa shape index (κ3) is 11.0. The Hall–Kier alpha value is -1.32. The zero-order valence-corrected chi connectivity index (χ0v) is 21.5. The average molecular weight is 451 g/mol. The van der Waals surface area contributed by atoms with Crippen LogP contribution in [0.25, 0.3) is 0 Å². The molecule has 2 atom stereocenters. The van der Waals surface area contributed by atoms with E-state index in [1.54, 1.807) is 0 Å². The van der Waals surface area contributed by atoms with Gasteiger partial charge in [-0.15, -0.1) is 0 Å². The summed E-state index contributed by atoms with van der Waals surface area (Å²) in [6, 6.07) is 0. The Morgan fingerprint density at radius 3 is 1.28 bits per heavy atom. The largest absolute Gasteiger partial charge is 0.465 e. The summed E-state index contributed by atoms with van der Waals surface area (Å²) in [7, 11) is 0. The maximum atomic E-state index is 13.0. The van der Waals surface area contributed by atoms with Crippen molar-refractivity contribution in [3.63, 3.8) is 0 Å². The molecule has 0 aromatic carbocycles. The van der Waals surface area contributed by atoms with E-state index < -0.39 is 0 Å². The summed E-state index contributed by atoms with van der Waals surface area (Å²) in [5, 5.41) is 0. The van der Waals surface area contributed by atoms with Crippen LogP contribution in [0.2, 0.25) is 0 Å². The molecule has 0 saturated heterocycles. The lowest BCUT2D eigenvalue weighted by Crippen LogP contribution is -2.36. The number of hydrogen-bond donors (Lipinski definition) is 0. The molecule has 0 aromatic heterocycles. The zero-order chi connectivity index (χ0) is 23.6. The Kier molecular flexibility index (Phi) is 16.3. The molecule has 4 nitrogen and oxygen atoms in total. The number of esters is 2. The molecule has 0 spiro atoms. The van der Waals surface area contributed by atoms with Gasteiger partial charge in [0.05, 0.1) is 25.0 Å². The average Bonchev–Trinajstić information content (AvgIpc) is 2.80. The highest BCUT2D eigenvalue weighted by Gasteiger charge is 2.40. The molecule has 0 aliphatic heterocycles. The third-order valence-corrected chi connectivity index (χ3v) is 6.67. The predicted octanol–water partition coefficient (Wildman–Crippen LogP) is 7.94. The van der Waals surface area contributed by atoms with Crippen LogP contribution in [0.15, 0.2) is 11.1 Å². The van der Waals surface area contributed by atoms with Gasteiger partial charge in [-0.3, -0.25) is 9.59 Å². The standard InChI is InChI=1S/C28H50O4/c1-5-9-13-17-23-21-25(27(29)31-19-15-11-7-3)26(22-24(23)18-14-10-6-2)28(30)32-20-16-12-8-4/h25-26H,5-22H2,1-4H3. The Bertz CT molecular complexity index is 504. The molecular formula is C28H50O4. The van der Waals surface area contributed by atoms with E-state index >= 15 is 0 Å². The first-order valence-corrected chi connectivity index (χ1v) is 13.6. The number of hydrogen-bond acceptors (Lipinski definition) is 4. The van der Waals surface area contributed by atoms with Crippen LogP contribution in [-0.2, 0) is 19.1 Å². The molecule has 0 aromatic rings. The summed E-state index contributed by atoms with van der Waals surface area (Å²) >= 11 is 0. The fraction of sp³-hybridized carbons (Fsp3) is 0.857. The summed E-state index contributed by atoms with van der Waals surface area (Å²) in [6.07, 6.45) is 16.7. The molecule has 0 radical (unpaired) electrons. The molecule has 0 saturated carbocycles. The normalized spacial score (nSPS) is 18.6. The predicted molar refractivity (Wildman–Crippen MR) is 132 cm³/mol. The topological polar surface area (TPSA) is 52.6 Å². The van der Waals surface area contributed by atoms with Gasteiger partial charge in [-0.25, -0.2) is 0 Å². The number of carbonyl (C=O) groups excluding carboxylic acids is 2. The van der Waals surface area contributed by atoms with Gasteiger partial charge in [-0.05, 0) is 51.4 Å². The summed E-state index contributed by atoms with van der Waals surface area (Å²) < 4.78 is 11.3. The molecule has 4 heteroatoms. The van der Waals surface area contributed by atoms with E-state index in [4.69, 9.17) is 9.47 Å². The van der Waals surface area contributed by atoms with Crippen LogP contribution in [-0.4, -0.2) is 25.2 Å². The van der Waals surface area contributed by atoms with Crippen LogP contribution < -0.4 is 0 Å². The minimum Gasteiger partial charge on any atom is -0.465 e. The highest BCUT2D eigenvalue weighted by Crippen LogP contribution is 2.40. The lowest BCUT2D eigenvalue weighted by Gasteiger charge is -2.32. The smallest absolute Gasteiger partial charge is 0.310 e. The molecule has 1 aliphatic rings. The van der Waals surface area contributed by atoms with Gasteiger partial charge in [0.2, 0.25) is 0 Å². The summed E-state index contributed by atoms with van der Waals surface area (Å²) in [5.74, 6) is -1.17. The molecule has 2 unspecified atom stereocenters. The maximum Gasteiger partial charge on any atom is 0.310 e. The number of unbranched alkanes of at least 4 members (excludes halogenated alkanes) is 8. The van der Waals surface area contributed by atoms with E-state index in [1.165, 1.54) is 36.8 Å². The Morgan fingerprint density at radius 2 is 0.938 bits per heavy atom. The van der Waals surface area contributed by atoms with E-state index in [1.807, 2.05) is 0 Å². The van der Waals surface area contributed by atoms with Gasteiger partial charge >= 0.3 is 11.9 Å². The first kappa shape index (κ1) is 28.7. The Labute approximate surface area is 197 Å².